The Balaban J connectivity index is 3.87. The van der Waals surface area contributed by atoms with Crippen LogP contribution in [-0.2, 0) is 4.79 Å². The molecule has 78 valence electrons. The van der Waals surface area contributed by atoms with Gasteiger partial charge >= 0.3 is 5.97 Å². The fourth-order valence-corrected chi connectivity index (χ4v) is 1.14. The van der Waals surface area contributed by atoms with E-state index < -0.39 is 12.1 Å². The van der Waals surface area contributed by atoms with E-state index in [9.17, 15) is 4.79 Å². The van der Waals surface area contributed by atoms with Crippen molar-refractivity contribution in [2.24, 2.45) is 0 Å². The van der Waals surface area contributed by atoms with E-state index in [-0.39, 0.29) is 12.5 Å². The van der Waals surface area contributed by atoms with E-state index in [1.807, 2.05) is 18.7 Å². The molecule has 0 bridgehead atoms. The van der Waals surface area contributed by atoms with Crippen LogP contribution < -0.4 is 0 Å². The SMILES string of the molecule is CC(O)CN(CCC(=O)O)C(C)C. The molecule has 0 aromatic rings. The van der Waals surface area contributed by atoms with Gasteiger partial charge in [0.05, 0.1) is 12.5 Å². The van der Waals surface area contributed by atoms with Crippen LogP contribution in [0.5, 0.6) is 0 Å². The summed E-state index contributed by atoms with van der Waals surface area (Å²) in [6.07, 6.45) is -0.276. The predicted octanol–water partition coefficient (Wildman–Crippen LogP) is 0.552. The zero-order valence-electron chi connectivity index (χ0n) is 8.53. The van der Waals surface area contributed by atoms with E-state index in [4.69, 9.17) is 10.2 Å². The van der Waals surface area contributed by atoms with Gasteiger partial charge in [-0.2, -0.15) is 0 Å². The van der Waals surface area contributed by atoms with Crippen molar-refractivity contribution in [2.45, 2.75) is 39.3 Å². The molecule has 4 nitrogen and oxygen atoms in total. The van der Waals surface area contributed by atoms with Crippen molar-refractivity contribution in [3.05, 3.63) is 0 Å². The number of aliphatic hydroxyl groups is 1. The largest absolute Gasteiger partial charge is 0.481 e. The second kappa shape index (κ2) is 5.94. The van der Waals surface area contributed by atoms with Gasteiger partial charge in [-0.1, -0.05) is 0 Å². The van der Waals surface area contributed by atoms with Gasteiger partial charge in [0.1, 0.15) is 0 Å². The molecular formula is C9H19NO3. The minimum absolute atomic E-state index is 0.130. The zero-order chi connectivity index (χ0) is 10.4. The summed E-state index contributed by atoms with van der Waals surface area (Å²) < 4.78 is 0. The summed E-state index contributed by atoms with van der Waals surface area (Å²) in [6.45, 7) is 6.72. The molecule has 0 radical (unpaired) electrons. The van der Waals surface area contributed by atoms with Crippen LogP contribution in [0.2, 0.25) is 0 Å². The predicted molar refractivity (Wildman–Crippen MR) is 50.6 cm³/mol. The lowest BCUT2D eigenvalue weighted by atomic mass is 10.2. The van der Waals surface area contributed by atoms with Crippen LogP contribution in [0.15, 0.2) is 0 Å². The summed E-state index contributed by atoms with van der Waals surface area (Å²) in [6, 6.07) is 0.272. The summed E-state index contributed by atoms with van der Waals surface area (Å²) in [7, 11) is 0. The van der Waals surface area contributed by atoms with E-state index in [1.54, 1.807) is 6.92 Å². The first-order chi connectivity index (χ1) is 5.93. The minimum atomic E-state index is -0.795. The van der Waals surface area contributed by atoms with Crippen molar-refractivity contribution >= 4 is 5.97 Å². The third kappa shape index (κ3) is 6.54. The van der Waals surface area contributed by atoms with Crippen LogP contribution in [0.25, 0.3) is 0 Å². The molecular weight excluding hydrogens is 170 g/mol. The van der Waals surface area contributed by atoms with Crippen molar-refractivity contribution in [1.29, 1.82) is 0 Å². The van der Waals surface area contributed by atoms with Crippen LogP contribution in [0, 0.1) is 0 Å². The van der Waals surface area contributed by atoms with Crippen molar-refractivity contribution in [3.8, 4) is 0 Å². The number of hydrogen-bond donors (Lipinski definition) is 2. The number of carboxylic acid groups (broad SMARTS) is 1. The van der Waals surface area contributed by atoms with Crippen LogP contribution in [-0.4, -0.2) is 46.3 Å². The number of carboxylic acids is 1. The summed E-state index contributed by atoms with van der Waals surface area (Å²) >= 11 is 0. The number of hydrogen-bond acceptors (Lipinski definition) is 3. The minimum Gasteiger partial charge on any atom is -0.481 e. The fraction of sp³-hybridized carbons (Fsp3) is 0.889. The van der Waals surface area contributed by atoms with Gasteiger partial charge in [-0.15, -0.1) is 0 Å². The molecule has 0 amide bonds. The van der Waals surface area contributed by atoms with Crippen LogP contribution in [0.4, 0.5) is 0 Å². The topological polar surface area (TPSA) is 60.8 Å². The van der Waals surface area contributed by atoms with Gasteiger partial charge < -0.3 is 10.2 Å². The first kappa shape index (κ1) is 12.4. The van der Waals surface area contributed by atoms with Gasteiger partial charge in [0.25, 0.3) is 0 Å². The lowest BCUT2D eigenvalue weighted by Crippen LogP contribution is -2.38. The third-order valence-corrected chi connectivity index (χ3v) is 1.84. The maximum Gasteiger partial charge on any atom is 0.304 e. The molecule has 0 aromatic heterocycles. The molecule has 0 fully saturated rings. The maximum absolute atomic E-state index is 10.3. The highest BCUT2D eigenvalue weighted by Gasteiger charge is 2.12. The molecule has 0 spiro atoms. The molecule has 0 saturated heterocycles. The second-order valence-corrected chi connectivity index (χ2v) is 3.58. The Hall–Kier alpha value is -0.610. The summed E-state index contributed by atoms with van der Waals surface area (Å²) in [5.41, 5.74) is 0. The second-order valence-electron chi connectivity index (χ2n) is 3.58. The van der Waals surface area contributed by atoms with Crippen molar-refractivity contribution in [2.75, 3.05) is 13.1 Å². The summed E-state index contributed by atoms with van der Waals surface area (Å²) in [5.74, 6) is -0.795. The standard InChI is InChI=1S/C9H19NO3/c1-7(2)10(6-8(3)11)5-4-9(12)13/h7-8,11H,4-6H2,1-3H3,(H,12,13). The van der Waals surface area contributed by atoms with Crippen molar-refractivity contribution in [1.82, 2.24) is 4.90 Å². The Bertz CT molecular complexity index is 157. The molecule has 1 unspecified atom stereocenters. The van der Waals surface area contributed by atoms with E-state index in [1.165, 1.54) is 0 Å². The van der Waals surface area contributed by atoms with Crippen molar-refractivity contribution < 1.29 is 15.0 Å². The Morgan fingerprint density at radius 1 is 1.38 bits per heavy atom. The number of nitrogens with zero attached hydrogens (tertiary/aromatic N) is 1. The van der Waals surface area contributed by atoms with Gasteiger partial charge in [-0.3, -0.25) is 9.69 Å². The van der Waals surface area contributed by atoms with E-state index in [0.29, 0.717) is 13.1 Å². The van der Waals surface area contributed by atoms with Crippen LogP contribution in [0.1, 0.15) is 27.2 Å². The highest BCUT2D eigenvalue weighted by molar-refractivity contribution is 5.66. The molecule has 1 atom stereocenters. The maximum atomic E-state index is 10.3. The highest BCUT2D eigenvalue weighted by atomic mass is 16.4. The Labute approximate surface area is 79.2 Å². The smallest absolute Gasteiger partial charge is 0.304 e. The normalized spacial score (nSPS) is 13.7. The van der Waals surface area contributed by atoms with Crippen molar-refractivity contribution in [3.63, 3.8) is 0 Å². The highest BCUT2D eigenvalue weighted by Crippen LogP contribution is 2.01. The third-order valence-electron chi connectivity index (χ3n) is 1.84. The zero-order valence-corrected chi connectivity index (χ0v) is 8.53. The average molecular weight is 189 g/mol. The fourth-order valence-electron chi connectivity index (χ4n) is 1.14. The van der Waals surface area contributed by atoms with Gasteiger partial charge in [-0.25, -0.2) is 0 Å². The Morgan fingerprint density at radius 2 is 1.92 bits per heavy atom. The lowest BCUT2D eigenvalue weighted by Gasteiger charge is -2.26. The molecule has 4 heteroatoms. The molecule has 0 saturated carbocycles. The number of aliphatic carboxylic acids is 1. The Morgan fingerprint density at radius 3 is 2.23 bits per heavy atom. The van der Waals surface area contributed by atoms with Gasteiger partial charge in [0.15, 0.2) is 0 Å². The van der Waals surface area contributed by atoms with Gasteiger partial charge in [0.2, 0.25) is 0 Å². The number of carbonyl (C=O) groups is 1. The number of rotatable bonds is 6. The Kier molecular flexibility index (Phi) is 5.66. The van der Waals surface area contributed by atoms with Crippen LogP contribution in [0.3, 0.4) is 0 Å². The average Bonchev–Trinajstić information content (AvgIpc) is 1.96. The first-order valence-electron chi connectivity index (χ1n) is 4.57. The summed E-state index contributed by atoms with van der Waals surface area (Å²) in [4.78, 5) is 12.3. The molecule has 0 rings (SSSR count). The van der Waals surface area contributed by atoms with E-state index >= 15 is 0 Å². The lowest BCUT2D eigenvalue weighted by molar-refractivity contribution is -0.137. The van der Waals surface area contributed by atoms with Crippen LogP contribution >= 0.6 is 0 Å². The quantitative estimate of drug-likeness (QED) is 0.640. The number of aliphatic hydroxyl groups excluding tert-OH is 1. The molecule has 0 heterocycles. The molecule has 0 aromatic carbocycles. The van der Waals surface area contributed by atoms with E-state index in [0.717, 1.165) is 0 Å². The molecule has 0 aliphatic heterocycles. The van der Waals surface area contributed by atoms with E-state index in [2.05, 4.69) is 0 Å². The molecule has 2 N–H and O–H groups in total. The molecule has 0 aliphatic carbocycles. The first-order valence-corrected chi connectivity index (χ1v) is 4.57. The molecule has 0 aliphatic rings. The monoisotopic (exact) mass is 189 g/mol. The van der Waals surface area contributed by atoms with Gasteiger partial charge in [0, 0.05) is 19.1 Å². The molecule has 13 heavy (non-hydrogen) atoms. The van der Waals surface area contributed by atoms with Gasteiger partial charge in [-0.05, 0) is 20.8 Å². The summed E-state index contributed by atoms with van der Waals surface area (Å²) in [5, 5.41) is 17.6.